The lowest BCUT2D eigenvalue weighted by atomic mass is 10.1. The zero-order valence-corrected chi connectivity index (χ0v) is 17.4. The number of piperidine rings is 1. The van der Waals surface area contributed by atoms with Crippen molar-refractivity contribution < 1.29 is 0 Å². The Labute approximate surface area is 171 Å². The first-order chi connectivity index (χ1) is 13.8. The molecule has 3 rings (SSSR count). The van der Waals surface area contributed by atoms with Crippen LogP contribution in [-0.4, -0.2) is 85.0 Å². The summed E-state index contributed by atoms with van der Waals surface area (Å²) < 4.78 is 0. The van der Waals surface area contributed by atoms with E-state index in [1.165, 1.54) is 71.1 Å². The quantitative estimate of drug-likeness (QED) is 0.499. The van der Waals surface area contributed by atoms with E-state index < -0.39 is 0 Å². The molecule has 0 unspecified atom stereocenters. The van der Waals surface area contributed by atoms with Crippen LogP contribution < -0.4 is 0 Å². The average molecular weight is 385 g/mol. The lowest BCUT2D eigenvalue weighted by molar-refractivity contribution is 0.201. The van der Waals surface area contributed by atoms with Crippen molar-refractivity contribution in [1.82, 2.24) is 19.6 Å². The second-order valence-corrected chi connectivity index (χ2v) is 8.38. The van der Waals surface area contributed by atoms with E-state index in [0.29, 0.717) is 0 Å². The first-order valence-corrected chi connectivity index (χ1v) is 11.3. The maximum absolute atomic E-state index is 9.51. The normalized spacial score (nSPS) is 23.9. The van der Waals surface area contributed by atoms with Crippen molar-refractivity contribution in [2.75, 3.05) is 65.4 Å². The average Bonchev–Trinajstić information content (AvgIpc) is 2.94. The van der Waals surface area contributed by atoms with Crippen molar-refractivity contribution in [3.05, 3.63) is 22.9 Å². The van der Waals surface area contributed by atoms with Gasteiger partial charge in [-0.05, 0) is 64.8 Å². The molecule has 0 aromatic heterocycles. The fourth-order valence-electron chi connectivity index (χ4n) is 4.80. The Bertz CT molecular complexity index is 571. The van der Waals surface area contributed by atoms with Crippen molar-refractivity contribution in [3.63, 3.8) is 0 Å². The van der Waals surface area contributed by atoms with Crippen LogP contribution in [0.2, 0.25) is 0 Å². The summed E-state index contributed by atoms with van der Waals surface area (Å²) in [6.45, 7) is 18.3. The summed E-state index contributed by atoms with van der Waals surface area (Å²) in [4.78, 5) is 13.3. The largest absolute Gasteiger partial charge is 0.365 e. The molecule has 0 spiro atoms. The molecule has 28 heavy (non-hydrogen) atoms. The van der Waals surface area contributed by atoms with E-state index in [4.69, 9.17) is 6.57 Å². The van der Waals surface area contributed by atoms with Crippen molar-refractivity contribution in [1.29, 1.82) is 5.26 Å². The van der Waals surface area contributed by atoms with E-state index in [0.717, 1.165) is 51.5 Å². The fraction of sp³-hybridized carbons (Fsp3) is 0.818. The highest BCUT2D eigenvalue weighted by molar-refractivity contribution is 5.33. The summed E-state index contributed by atoms with van der Waals surface area (Å²) in [5.41, 5.74) is 0.269. The number of allylic oxidation sites excluding steroid dienone is 1. The van der Waals surface area contributed by atoms with E-state index in [1.807, 2.05) is 0 Å². The minimum atomic E-state index is 0.269. The molecule has 0 amide bonds. The minimum Gasteiger partial charge on any atom is -0.365 e. The molecular weight excluding hydrogens is 348 g/mol. The molecule has 0 saturated carbocycles. The predicted octanol–water partition coefficient (Wildman–Crippen LogP) is 2.97. The van der Waals surface area contributed by atoms with Crippen LogP contribution in [0, 0.1) is 17.9 Å². The minimum absolute atomic E-state index is 0.269. The van der Waals surface area contributed by atoms with Crippen LogP contribution in [0.1, 0.15) is 51.4 Å². The lowest BCUT2D eigenvalue weighted by Gasteiger charge is -2.31. The van der Waals surface area contributed by atoms with Crippen LogP contribution in [0.5, 0.6) is 0 Å². The van der Waals surface area contributed by atoms with Gasteiger partial charge in [0, 0.05) is 32.7 Å². The Morgan fingerprint density at radius 3 is 1.86 bits per heavy atom. The van der Waals surface area contributed by atoms with Crippen molar-refractivity contribution >= 4 is 0 Å². The van der Waals surface area contributed by atoms with Crippen molar-refractivity contribution in [2.24, 2.45) is 0 Å². The van der Waals surface area contributed by atoms with Gasteiger partial charge in [0.2, 0.25) is 0 Å². The third-order valence-corrected chi connectivity index (χ3v) is 6.40. The van der Waals surface area contributed by atoms with Crippen LogP contribution in [0.25, 0.3) is 4.85 Å². The second-order valence-electron chi connectivity index (χ2n) is 8.38. The summed E-state index contributed by atoms with van der Waals surface area (Å²) in [7, 11) is 0. The zero-order chi connectivity index (χ0) is 19.6. The standard InChI is InChI=1S/C22H36N6/c1-24-21(20-23)22-27(15-9-14-25-10-5-2-3-6-11-25)18-19-28(22)17-16-26-12-7-4-8-13-26/h2-19H2. The van der Waals surface area contributed by atoms with Crippen LogP contribution in [0.3, 0.4) is 0 Å². The summed E-state index contributed by atoms with van der Waals surface area (Å²) >= 11 is 0. The molecular formula is C22H36N6. The maximum Gasteiger partial charge on any atom is 0.300 e. The summed E-state index contributed by atoms with van der Waals surface area (Å²) in [6.07, 6.45) is 10.5. The zero-order valence-electron chi connectivity index (χ0n) is 17.4. The second kappa shape index (κ2) is 11.3. The third kappa shape index (κ3) is 5.87. The van der Waals surface area contributed by atoms with Crippen LogP contribution >= 0.6 is 0 Å². The topological polar surface area (TPSA) is 41.1 Å². The molecule has 3 heterocycles. The molecule has 3 fully saturated rings. The van der Waals surface area contributed by atoms with Crippen LogP contribution in [0.4, 0.5) is 0 Å². The summed E-state index contributed by atoms with van der Waals surface area (Å²) in [5, 5.41) is 9.51. The number of hydrogen-bond donors (Lipinski definition) is 0. The summed E-state index contributed by atoms with van der Waals surface area (Å²) in [6, 6.07) is 2.16. The predicted molar refractivity (Wildman–Crippen MR) is 112 cm³/mol. The molecule has 3 aliphatic heterocycles. The van der Waals surface area contributed by atoms with Crippen LogP contribution in [-0.2, 0) is 0 Å². The maximum atomic E-state index is 9.51. The monoisotopic (exact) mass is 384 g/mol. The fourth-order valence-corrected chi connectivity index (χ4v) is 4.80. The number of nitrogens with zero attached hydrogens (tertiary/aromatic N) is 6. The van der Waals surface area contributed by atoms with Crippen molar-refractivity contribution in [3.8, 4) is 6.07 Å². The Balaban J connectivity index is 1.53. The number of rotatable bonds is 7. The van der Waals surface area contributed by atoms with Crippen molar-refractivity contribution in [2.45, 2.75) is 51.4 Å². The summed E-state index contributed by atoms with van der Waals surface area (Å²) in [5.74, 6) is 0.894. The van der Waals surface area contributed by atoms with Crippen LogP contribution in [0.15, 0.2) is 11.5 Å². The number of hydrogen-bond acceptors (Lipinski definition) is 5. The molecule has 0 bridgehead atoms. The molecule has 154 valence electrons. The third-order valence-electron chi connectivity index (χ3n) is 6.40. The Kier molecular flexibility index (Phi) is 8.45. The first kappa shape index (κ1) is 21.0. The van der Waals surface area contributed by atoms with Gasteiger partial charge in [-0.1, -0.05) is 19.3 Å². The van der Waals surface area contributed by atoms with Gasteiger partial charge in [0.05, 0.1) is 12.6 Å². The van der Waals surface area contributed by atoms with E-state index >= 15 is 0 Å². The first-order valence-electron chi connectivity index (χ1n) is 11.3. The van der Waals surface area contributed by atoms with Gasteiger partial charge in [-0.2, -0.15) is 0 Å². The van der Waals surface area contributed by atoms with E-state index in [-0.39, 0.29) is 5.70 Å². The molecule has 3 aliphatic rings. The van der Waals surface area contributed by atoms with Gasteiger partial charge in [0.25, 0.3) is 0 Å². The van der Waals surface area contributed by atoms with Gasteiger partial charge in [-0.3, -0.25) is 0 Å². The Hall–Kier alpha value is -1.76. The lowest BCUT2D eigenvalue weighted by Crippen LogP contribution is -2.37. The number of likely N-dealkylation sites (tertiary alicyclic amines) is 2. The van der Waals surface area contributed by atoms with E-state index in [1.54, 1.807) is 0 Å². The highest BCUT2D eigenvalue weighted by atomic mass is 15.4. The molecule has 0 radical (unpaired) electrons. The Morgan fingerprint density at radius 2 is 1.29 bits per heavy atom. The van der Waals surface area contributed by atoms with Gasteiger partial charge < -0.3 is 19.6 Å². The highest BCUT2D eigenvalue weighted by Gasteiger charge is 2.28. The molecule has 0 atom stereocenters. The van der Waals surface area contributed by atoms with Gasteiger partial charge in [-0.25, -0.2) is 10.1 Å². The molecule has 6 nitrogen and oxygen atoms in total. The smallest absolute Gasteiger partial charge is 0.300 e. The number of nitriles is 1. The van der Waals surface area contributed by atoms with Gasteiger partial charge in [-0.15, -0.1) is 0 Å². The SMILES string of the molecule is [C-]#[N+]C(C#N)=C1N(CCCN2CCCCCC2)CCN1CCN1CCCCC1. The Morgan fingerprint density at radius 1 is 0.750 bits per heavy atom. The van der Waals surface area contributed by atoms with Gasteiger partial charge in [0.15, 0.2) is 0 Å². The van der Waals surface area contributed by atoms with E-state index in [9.17, 15) is 5.26 Å². The molecule has 0 aromatic rings. The molecule has 0 aromatic carbocycles. The molecule has 6 heteroatoms. The van der Waals surface area contributed by atoms with Gasteiger partial charge in [0.1, 0.15) is 5.82 Å². The molecule has 3 saturated heterocycles. The molecule has 0 N–H and O–H groups in total. The highest BCUT2D eigenvalue weighted by Crippen LogP contribution is 2.23. The molecule has 0 aliphatic carbocycles. The van der Waals surface area contributed by atoms with E-state index in [2.05, 4.69) is 30.5 Å². The van der Waals surface area contributed by atoms with Gasteiger partial charge >= 0.3 is 5.70 Å².